The molecule has 0 bridgehead atoms. The van der Waals surface area contributed by atoms with Crippen molar-refractivity contribution in [1.29, 1.82) is 0 Å². The molecule has 1 saturated carbocycles. The average Bonchev–Trinajstić information content (AvgIpc) is 2.20. The van der Waals surface area contributed by atoms with E-state index in [1.807, 2.05) is 20.8 Å². The predicted octanol–water partition coefficient (Wildman–Crippen LogP) is 4.60. The number of ketones is 1. The topological polar surface area (TPSA) is 17.1 Å². The molecule has 94 valence electrons. The molecule has 0 amide bonds. The van der Waals surface area contributed by atoms with Crippen molar-refractivity contribution in [3.8, 4) is 0 Å². The Morgan fingerprint density at radius 1 is 1.06 bits per heavy atom. The molecule has 0 aromatic carbocycles. The van der Waals surface area contributed by atoms with Crippen LogP contribution in [0.2, 0.25) is 0 Å². The minimum absolute atomic E-state index is 0.139. The highest BCUT2D eigenvalue weighted by Crippen LogP contribution is 2.34. The number of hydrogen-bond donors (Lipinski definition) is 0. The summed E-state index contributed by atoms with van der Waals surface area (Å²) >= 11 is 0. The van der Waals surface area contributed by atoms with Gasteiger partial charge in [0.15, 0.2) is 0 Å². The first-order chi connectivity index (χ1) is 7.43. The summed E-state index contributed by atoms with van der Waals surface area (Å²) in [6.45, 7) is 8.39. The molecule has 0 radical (unpaired) electrons. The Morgan fingerprint density at radius 3 is 2.00 bits per heavy atom. The summed E-state index contributed by atoms with van der Waals surface area (Å²) in [5.74, 6) is 2.08. The molecule has 1 aliphatic rings. The molecule has 1 fully saturated rings. The van der Waals surface area contributed by atoms with Crippen molar-refractivity contribution in [2.75, 3.05) is 0 Å². The lowest BCUT2D eigenvalue weighted by Crippen LogP contribution is -2.25. The second kappa shape index (κ2) is 5.84. The monoisotopic (exact) mass is 224 g/mol. The minimum atomic E-state index is -0.139. The molecule has 1 nitrogen and oxygen atoms in total. The lowest BCUT2D eigenvalue weighted by molar-refractivity contribution is -0.127. The van der Waals surface area contributed by atoms with E-state index in [0.717, 1.165) is 12.3 Å². The average molecular weight is 224 g/mol. The van der Waals surface area contributed by atoms with Gasteiger partial charge in [-0.2, -0.15) is 0 Å². The Hall–Kier alpha value is -0.330. The molecular weight excluding hydrogens is 196 g/mol. The Labute approximate surface area is 101 Å². The summed E-state index contributed by atoms with van der Waals surface area (Å²) in [7, 11) is 0. The number of Topliss-reactive ketones (excluding diaryl/α,β-unsaturated/α-hetero) is 1. The normalized spacial score (nSPS) is 26.8. The molecule has 16 heavy (non-hydrogen) atoms. The first-order valence-corrected chi connectivity index (χ1v) is 6.96. The van der Waals surface area contributed by atoms with E-state index >= 15 is 0 Å². The van der Waals surface area contributed by atoms with Crippen molar-refractivity contribution >= 4 is 5.78 Å². The van der Waals surface area contributed by atoms with E-state index in [1.54, 1.807) is 0 Å². The number of rotatable bonds is 4. The van der Waals surface area contributed by atoms with Gasteiger partial charge in [-0.1, -0.05) is 53.4 Å². The van der Waals surface area contributed by atoms with Crippen LogP contribution < -0.4 is 0 Å². The fraction of sp³-hybridized carbons (Fsp3) is 0.933. The van der Waals surface area contributed by atoms with E-state index in [2.05, 4.69) is 6.92 Å². The fourth-order valence-electron chi connectivity index (χ4n) is 2.70. The van der Waals surface area contributed by atoms with E-state index in [-0.39, 0.29) is 5.41 Å². The van der Waals surface area contributed by atoms with Crippen LogP contribution in [0, 0.1) is 17.3 Å². The molecule has 0 saturated heterocycles. The molecule has 0 spiro atoms. The largest absolute Gasteiger partial charge is 0.299 e. The van der Waals surface area contributed by atoms with Gasteiger partial charge < -0.3 is 0 Å². The zero-order valence-corrected chi connectivity index (χ0v) is 11.5. The molecule has 0 aromatic heterocycles. The highest BCUT2D eigenvalue weighted by molar-refractivity contribution is 5.83. The van der Waals surface area contributed by atoms with Gasteiger partial charge in [0.1, 0.15) is 5.78 Å². The third-order valence-corrected chi connectivity index (χ3v) is 3.97. The Balaban J connectivity index is 2.30. The zero-order chi connectivity index (χ0) is 12.2. The van der Waals surface area contributed by atoms with Crippen LogP contribution in [-0.4, -0.2) is 5.78 Å². The fourth-order valence-corrected chi connectivity index (χ4v) is 2.70. The molecule has 1 heteroatoms. The van der Waals surface area contributed by atoms with Crippen molar-refractivity contribution in [3.63, 3.8) is 0 Å². The second-order valence-electron chi connectivity index (χ2n) is 6.55. The molecule has 0 heterocycles. The minimum Gasteiger partial charge on any atom is -0.299 e. The van der Waals surface area contributed by atoms with Crippen LogP contribution in [-0.2, 0) is 4.79 Å². The van der Waals surface area contributed by atoms with Gasteiger partial charge in [0, 0.05) is 11.8 Å². The number of hydrogen-bond acceptors (Lipinski definition) is 1. The van der Waals surface area contributed by atoms with Crippen molar-refractivity contribution in [2.24, 2.45) is 17.3 Å². The van der Waals surface area contributed by atoms with Crippen molar-refractivity contribution in [1.82, 2.24) is 0 Å². The second-order valence-corrected chi connectivity index (χ2v) is 6.55. The molecule has 0 aliphatic heterocycles. The lowest BCUT2D eigenvalue weighted by Gasteiger charge is -2.29. The third-order valence-electron chi connectivity index (χ3n) is 3.97. The molecule has 0 atom stereocenters. The van der Waals surface area contributed by atoms with Crippen LogP contribution in [0.4, 0.5) is 0 Å². The van der Waals surface area contributed by atoms with E-state index in [0.29, 0.717) is 11.7 Å². The van der Waals surface area contributed by atoms with Gasteiger partial charge in [-0.05, 0) is 24.7 Å². The standard InChI is InChI=1S/C15H28O/c1-5-6-12-7-9-13(10-8-12)11-14(16)15(2,3)4/h12-13H,5-11H2,1-4H3. The highest BCUT2D eigenvalue weighted by atomic mass is 16.1. The SMILES string of the molecule is CCCC1CCC(CC(=O)C(C)(C)C)CC1. The van der Waals surface area contributed by atoms with E-state index < -0.39 is 0 Å². The summed E-state index contributed by atoms with van der Waals surface area (Å²) < 4.78 is 0. The van der Waals surface area contributed by atoms with Gasteiger partial charge in [0.25, 0.3) is 0 Å². The van der Waals surface area contributed by atoms with Crippen LogP contribution in [0.15, 0.2) is 0 Å². The van der Waals surface area contributed by atoms with E-state index in [1.165, 1.54) is 38.5 Å². The number of carbonyl (C=O) groups excluding carboxylic acids is 1. The quantitative estimate of drug-likeness (QED) is 0.682. The van der Waals surface area contributed by atoms with Gasteiger partial charge in [-0.15, -0.1) is 0 Å². The van der Waals surface area contributed by atoms with Crippen molar-refractivity contribution in [2.45, 2.75) is 72.6 Å². The predicted molar refractivity (Wildman–Crippen MR) is 69.4 cm³/mol. The molecule has 0 N–H and O–H groups in total. The first kappa shape index (κ1) is 13.7. The highest BCUT2D eigenvalue weighted by Gasteiger charge is 2.27. The maximum atomic E-state index is 11.9. The first-order valence-electron chi connectivity index (χ1n) is 6.96. The van der Waals surface area contributed by atoms with Crippen LogP contribution in [0.3, 0.4) is 0 Å². The van der Waals surface area contributed by atoms with Crippen LogP contribution >= 0.6 is 0 Å². The van der Waals surface area contributed by atoms with Crippen LogP contribution in [0.1, 0.15) is 72.6 Å². The van der Waals surface area contributed by atoms with Crippen LogP contribution in [0.25, 0.3) is 0 Å². The maximum Gasteiger partial charge on any atom is 0.138 e. The zero-order valence-electron chi connectivity index (χ0n) is 11.5. The van der Waals surface area contributed by atoms with Gasteiger partial charge >= 0.3 is 0 Å². The van der Waals surface area contributed by atoms with E-state index in [4.69, 9.17) is 0 Å². The Morgan fingerprint density at radius 2 is 1.56 bits per heavy atom. The molecule has 1 aliphatic carbocycles. The third kappa shape index (κ3) is 4.27. The van der Waals surface area contributed by atoms with E-state index in [9.17, 15) is 4.79 Å². The summed E-state index contributed by atoms with van der Waals surface area (Å²) in [4.78, 5) is 11.9. The number of carbonyl (C=O) groups is 1. The summed E-state index contributed by atoms with van der Waals surface area (Å²) in [5, 5.41) is 0. The summed E-state index contributed by atoms with van der Waals surface area (Å²) in [5.41, 5.74) is -0.139. The Kier molecular flexibility index (Phi) is 5.01. The van der Waals surface area contributed by atoms with Gasteiger partial charge in [0.2, 0.25) is 0 Å². The molecule has 0 aromatic rings. The van der Waals surface area contributed by atoms with Crippen molar-refractivity contribution in [3.05, 3.63) is 0 Å². The Bertz CT molecular complexity index is 216. The smallest absolute Gasteiger partial charge is 0.138 e. The maximum absolute atomic E-state index is 11.9. The van der Waals surface area contributed by atoms with Gasteiger partial charge in [0.05, 0.1) is 0 Å². The lowest BCUT2D eigenvalue weighted by atomic mass is 9.75. The van der Waals surface area contributed by atoms with Crippen LogP contribution in [0.5, 0.6) is 0 Å². The molecule has 0 unspecified atom stereocenters. The summed E-state index contributed by atoms with van der Waals surface area (Å²) in [6, 6.07) is 0. The molecule has 1 rings (SSSR count). The summed E-state index contributed by atoms with van der Waals surface area (Å²) in [6.07, 6.45) is 8.81. The van der Waals surface area contributed by atoms with Crippen molar-refractivity contribution < 1.29 is 4.79 Å². The molecular formula is C15H28O. The van der Waals surface area contributed by atoms with Gasteiger partial charge in [-0.3, -0.25) is 4.79 Å². The van der Waals surface area contributed by atoms with Gasteiger partial charge in [-0.25, -0.2) is 0 Å².